The van der Waals surface area contributed by atoms with Crippen molar-refractivity contribution < 1.29 is 19.4 Å². The third kappa shape index (κ3) is 4.33. The first-order valence-electron chi connectivity index (χ1n) is 12.3. The molecule has 1 atom stereocenters. The average molecular weight is 526 g/mol. The standard InChI is InChI=1S/C32H28ClNO4/c1-32(2,3)25-17-20(15-16-26(25)38-4)29(35)27-28(24-14-7-10-19-9-5-6-13-23(19)24)34(31(37)30(27)36)22-12-8-11-21(33)18-22/h5-18,28,35H,1-4H3/b29-27+. The molecule has 0 aliphatic carbocycles. The van der Waals surface area contributed by atoms with E-state index >= 15 is 0 Å². The molecule has 1 N–H and O–H groups in total. The summed E-state index contributed by atoms with van der Waals surface area (Å²) in [5.74, 6) is -1.04. The van der Waals surface area contributed by atoms with Crippen LogP contribution in [0.25, 0.3) is 16.5 Å². The van der Waals surface area contributed by atoms with Crippen LogP contribution in [-0.4, -0.2) is 23.9 Å². The summed E-state index contributed by atoms with van der Waals surface area (Å²) >= 11 is 6.28. The number of aliphatic hydroxyl groups excluding tert-OH is 1. The molecular formula is C32H28ClNO4. The predicted molar refractivity (Wildman–Crippen MR) is 152 cm³/mol. The number of fused-ring (bicyclic) bond motifs is 1. The Morgan fingerprint density at radius 3 is 2.34 bits per heavy atom. The van der Waals surface area contributed by atoms with Gasteiger partial charge in [0.1, 0.15) is 11.5 Å². The van der Waals surface area contributed by atoms with Gasteiger partial charge in [-0.3, -0.25) is 14.5 Å². The van der Waals surface area contributed by atoms with Crippen LogP contribution in [0.5, 0.6) is 5.75 Å². The minimum atomic E-state index is -0.861. The highest BCUT2D eigenvalue weighted by atomic mass is 35.5. The van der Waals surface area contributed by atoms with Gasteiger partial charge in [0, 0.05) is 21.8 Å². The molecule has 1 unspecified atom stereocenters. The molecule has 0 saturated carbocycles. The van der Waals surface area contributed by atoms with E-state index in [-0.39, 0.29) is 16.7 Å². The number of carbonyl (C=O) groups excluding carboxylic acids is 2. The lowest BCUT2D eigenvalue weighted by atomic mass is 9.84. The van der Waals surface area contributed by atoms with Crippen molar-refractivity contribution in [1.82, 2.24) is 0 Å². The number of anilines is 1. The number of halogens is 1. The van der Waals surface area contributed by atoms with Crippen LogP contribution in [0.15, 0.2) is 90.5 Å². The fraction of sp³-hybridized carbons (Fsp3) is 0.188. The molecule has 1 heterocycles. The minimum Gasteiger partial charge on any atom is -0.507 e. The van der Waals surface area contributed by atoms with E-state index in [0.717, 1.165) is 21.9 Å². The Morgan fingerprint density at radius 2 is 1.63 bits per heavy atom. The van der Waals surface area contributed by atoms with Gasteiger partial charge in [0.2, 0.25) is 0 Å². The maximum atomic E-state index is 13.6. The predicted octanol–water partition coefficient (Wildman–Crippen LogP) is 7.43. The molecule has 0 radical (unpaired) electrons. The van der Waals surface area contributed by atoms with E-state index in [1.165, 1.54) is 4.90 Å². The van der Waals surface area contributed by atoms with Gasteiger partial charge in [-0.15, -0.1) is 0 Å². The highest BCUT2D eigenvalue weighted by molar-refractivity contribution is 6.52. The zero-order valence-electron chi connectivity index (χ0n) is 21.7. The van der Waals surface area contributed by atoms with Gasteiger partial charge in [-0.1, -0.05) is 80.9 Å². The molecule has 1 fully saturated rings. The van der Waals surface area contributed by atoms with Crippen molar-refractivity contribution in [2.24, 2.45) is 0 Å². The number of hydrogen-bond acceptors (Lipinski definition) is 4. The molecule has 38 heavy (non-hydrogen) atoms. The van der Waals surface area contributed by atoms with Crippen molar-refractivity contribution in [3.63, 3.8) is 0 Å². The monoisotopic (exact) mass is 525 g/mol. The van der Waals surface area contributed by atoms with E-state index in [2.05, 4.69) is 0 Å². The molecule has 1 aliphatic rings. The Balaban J connectivity index is 1.80. The summed E-state index contributed by atoms with van der Waals surface area (Å²) in [6.45, 7) is 6.13. The van der Waals surface area contributed by atoms with E-state index in [9.17, 15) is 14.7 Å². The summed E-state index contributed by atoms with van der Waals surface area (Å²) in [6.07, 6.45) is 0. The fourth-order valence-electron chi connectivity index (χ4n) is 5.10. The Labute approximate surface area is 226 Å². The number of methoxy groups -OCH3 is 1. The van der Waals surface area contributed by atoms with Crippen LogP contribution < -0.4 is 9.64 Å². The van der Waals surface area contributed by atoms with Gasteiger partial charge in [-0.05, 0) is 58.1 Å². The SMILES string of the molecule is COc1ccc(/C(O)=C2\C(=O)C(=O)N(c3cccc(Cl)c3)C2c2cccc3ccccc23)cc1C(C)(C)C. The number of ether oxygens (including phenoxy) is 1. The van der Waals surface area contributed by atoms with Crippen LogP contribution in [0.3, 0.4) is 0 Å². The van der Waals surface area contributed by atoms with Crippen LogP contribution in [-0.2, 0) is 15.0 Å². The number of hydrogen-bond donors (Lipinski definition) is 1. The van der Waals surface area contributed by atoms with Crippen molar-refractivity contribution in [3.05, 3.63) is 112 Å². The summed E-state index contributed by atoms with van der Waals surface area (Å²) in [7, 11) is 1.60. The van der Waals surface area contributed by atoms with Gasteiger partial charge < -0.3 is 9.84 Å². The Bertz CT molecular complexity index is 1610. The first-order valence-corrected chi connectivity index (χ1v) is 12.7. The van der Waals surface area contributed by atoms with Crippen molar-refractivity contribution >= 4 is 45.5 Å². The largest absolute Gasteiger partial charge is 0.507 e. The third-order valence-electron chi connectivity index (χ3n) is 6.93. The van der Waals surface area contributed by atoms with Crippen molar-refractivity contribution in [2.45, 2.75) is 32.2 Å². The second-order valence-electron chi connectivity index (χ2n) is 10.4. The molecule has 0 spiro atoms. The Hall–Kier alpha value is -4.09. The molecule has 6 heteroatoms. The Kier molecular flexibility index (Phi) is 6.49. The smallest absolute Gasteiger partial charge is 0.300 e. The van der Waals surface area contributed by atoms with Gasteiger partial charge in [0.15, 0.2) is 0 Å². The van der Waals surface area contributed by atoms with E-state index in [4.69, 9.17) is 16.3 Å². The minimum absolute atomic E-state index is 0.0244. The lowest BCUT2D eigenvalue weighted by Crippen LogP contribution is -2.29. The van der Waals surface area contributed by atoms with Gasteiger partial charge in [-0.2, -0.15) is 0 Å². The van der Waals surface area contributed by atoms with Crippen LogP contribution in [0.2, 0.25) is 5.02 Å². The fourth-order valence-corrected chi connectivity index (χ4v) is 5.29. The van der Waals surface area contributed by atoms with Crippen molar-refractivity contribution in [3.8, 4) is 5.75 Å². The normalized spacial score (nSPS) is 17.3. The molecule has 1 saturated heterocycles. The second kappa shape index (κ2) is 9.66. The van der Waals surface area contributed by atoms with Crippen LogP contribution >= 0.6 is 11.6 Å². The molecule has 192 valence electrons. The maximum absolute atomic E-state index is 13.6. The van der Waals surface area contributed by atoms with Crippen LogP contribution in [0.4, 0.5) is 5.69 Å². The zero-order valence-corrected chi connectivity index (χ0v) is 22.4. The van der Waals surface area contributed by atoms with E-state index in [1.54, 1.807) is 43.5 Å². The summed E-state index contributed by atoms with van der Waals surface area (Å²) in [6, 6.07) is 24.8. The van der Waals surface area contributed by atoms with Gasteiger partial charge in [0.25, 0.3) is 11.7 Å². The lowest BCUT2D eigenvalue weighted by Gasteiger charge is -2.27. The molecule has 4 aromatic rings. The topological polar surface area (TPSA) is 66.8 Å². The number of nitrogens with zero attached hydrogens (tertiary/aromatic N) is 1. The lowest BCUT2D eigenvalue weighted by molar-refractivity contribution is -0.132. The molecule has 5 rings (SSSR count). The number of rotatable bonds is 4. The van der Waals surface area contributed by atoms with Gasteiger partial charge in [-0.25, -0.2) is 0 Å². The van der Waals surface area contributed by atoms with Gasteiger partial charge >= 0.3 is 0 Å². The zero-order chi connectivity index (χ0) is 27.2. The molecule has 0 aromatic heterocycles. The summed E-state index contributed by atoms with van der Waals surface area (Å²) < 4.78 is 5.56. The first kappa shape index (κ1) is 25.6. The molecular weight excluding hydrogens is 498 g/mol. The Morgan fingerprint density at radius 1 is 0.921 bits per heavy atom. The van der Waals surface area contributed by atoms with E-state index in [0.29, 0.717) is 22.0 Å². The van der Waals surface area contributed by atoms with Crippen molar-refractivity contribution in [1.29, 1.82) is 0 Å². The highest BCUT2D eigenvalue weighted by Crippen LogP contribution is 2.45. The second-order valence-corrected chi connectivity index (χ2v) is 10.8. The van der Waals surface area contributed by atoms with Crippen LogP contribution in [0.1, 0.15) is 43.5 Å². The van der Waals surface area contributed by atoms with Crippen LogP contribution in [0, 0.1) is 0 Å². The number of aliphatic hydroxyl groups is 1. The molecule has 0 bridgehead atoms. The quantitative estimate of drug-likeness (QED) is 0.171. The summed E-state index contributed by atoms with van der Waals surface area (Å²) in [4.78, 5) is 28.7. The summed E-state index contributed by atoms with van der Waals surface area (Å²) in [5.41, 5.74) is 2.25. The molecule has 4 aromatic carbocycles. The average Bonchev–Trinajstić information content (AvgIpc) is 3.17. The molecule has 1 amide bonds. The maximum Gasteiger partial charge on any atom is 0.300 e. The third-order valence-corrected chi connectivity index (χ3v) is 7.16. The number of carbonyl (C=O) groups is 2. The van der Waals surface area contributed by atoms with Gasteiger partial charge in [0.05, 0.1) is 18.7 Å². The van der Waals surface area contributed by atoms with E-state index < -0.39 is 17.7 Å². The molecule has 5 nitrogen and oxygen atoms in total. The molecule has 1 aliphatic heterocycles. The first-order chi connectivity index (χ1) is 18.1. The van der Waals surface area contributed by atoms with Crippen molar-refractivity contribution in [2.75, 3.05) is 12.0 Å². The number of Topliss-reactive ketones (excluding diaryl/α,β-unsaturated/α-hetero) is 1. The number of benzene rings is 4. The number of amides is 1. The summed E-state index contributed by atoms with van der Waals surface area (Å²) in [5, 5.41) is 14.0. The van der Waals surface area contributed by atoms with E-state index in [1.807, 2.05) is 69.3 Å². The highest BCUT2D eigenvalue weighted by Gasteiger charge is 2.47. The number of ketones is 1.